The van der Waals surface area contributed by atoms with Gasteiger partial charge in [-0.3, -0.25) is 4.79 Å². The van der Waals surface area contributed by atoms with Crippen molar-refractivity contribution in [2.24, 2.45) is 0 Å². The third-order valence-corrected chi connectivity index (χ3v) is 5.41. The smallest absolute Gasteiger partial charge is 0.326 e. The van der Waals surface area contributed by atoms with E-state index in [-0.39, 0.29) is 17.6 Å². The minimum Gasteiger partial charge on any atom is -0.480 e. The van der Waals surface area contributed by atoms with E-state index in [0.29, 0.717) is 12.1 Å². The summed E-state index contributed by atoms with van der Waals surface area (Å²) in [7, 11) is 0. The van der Waals surface area contributed by atoms with Crippen LogP contribution in [0.15, 0.2) is 18.2 Å². The molecule has 0 spiro atoms. The highest BCUT2D eigenvalue weighted by Crippen LogP contribution is 2.34. The number of benzene rings is 1. The average molecular weight is 371 g/mol. The number of halogens is 1. The maximum atomic E-state index is 14.4. The number of aromatic nitrogens is 2. The van der Waals surface area contributed by atoms with Gasteiger partial charge in [0.1, 0.15) is 17.5 Å². The van der Waals surface area contributed by atoms with Gasteiger partial charge in [-0.2, -0.15) is 5.10 Å². The number of aryl methyl sites for hydroxylation is 1. The molecular weight excluding hydrogens is 349 g/mol. The van der Waals surface area contributed by atoms with Crippen molar-refractivity contribution < 1.29 is 19.1 Å². The molecule has 142 valence electrons. The highest BCUT2D eigenvalue weighted by Gasteiger charge is 2.41. The number of hydrogen-bond acceptors (Lipinski definition) is 3. The van der Waals surface area contributed by atoms with Gasteiger partial charge in [-0.25, -0.2) is 13.9 Å². The zero-order chi connectivity index (χ0) is 19.3. The number of rotatable bonds is 5. The number of hydrogen-bond donors (Lipinski definition) is 1. The molecule has 0 aliphatic heterocycles. The molecule has 1 atom stereocenters. The molecule has 2 aliphatic carbocycles. The second-order valence-electron chi connectivity index (χ2n) is 7.45. The van der Waals surface area contributed by atoms with Gasteiger partial charge in [-0.15, -0.1) is 0 Å². The number of carboxylic acid groups (broad SMARTS) is 1. The number of amides is 1. The Morgan fingerprint density at radius 2 is 2.07 bits per heavy atom. The monoisotopic (exact) mass is 371 g/mol. The van der Waals surface area contributed by atoms with Crippen molar-refractivity contribution in [1.29, 1.82) is 0 Å². The highest BCUT2D eigenvalue weighted by atomic mass is 19.1. The lowest BCUT2D eigenvalue weighted by molar-refractivity contribution is -0.141. The summed E-state index contributed by atoms with van der Waals surface area (Å²) in [6.45, 7) is 3.40. The van der Waals surface area contributed by atoms with E-state index in [1.807, 2.05) is 6.92 Å². The molecule has 4 rings (SSSR count). The average Bonchev–Trinajstić information content (AvgIpc) is 3.22. The van der Waals surface area contributed by atoms with Crippen LogP contribution in [-0.2, 0) is 17.6 Å². The Bertz CT molecular complexity index is 933. The number of nitrogens with zero attached hydrogens (tertiary/aromatic N) is 3. The third-order valence-electron chi connectivity index (χ3n) is 5.41. The van der Waals surface area contributed by atoms with Crippen molar-refractivity contribution >= 4 is 11.9 Å². The van der Waals surface area contributed by atoms with Gasteiger partial charge < -0.3 is 10.0 Å². The lowest BCUT2D eigenvalue weighted by Gasteiger charge is -2.26. The molecule has 0 saturated heterocycles. The zero-order valence-electron chi connectivity index (χ0n) is 15.4. The molecular formula is C20H22FN3O3. The van der Waals surface area contributed by atoms with Gasteiger partial charge in [0.15, 0.2) is 5.69 Å². The lowest BCUT2D eigenvalue weighted by Crippen LogP contribution is -2.45. The van der Waals surface area contributed by atoms with Crippen LogP contribution in [0.3, 0.4) is 0 Å². The third kappa shape index (κ3) is 3.01. The molecule has 0 bridgehead atoms. The standard InChI is InChI=1S/C20H22FN3O3/c1-11-6-9-15(21)17(10-11)24-16-5-3-4-14(16)18(22-24)19(25)23(13-7-8-13)12(2)20(26)27/h6,9-10,12-13H,3-5,7-8H2,1-2H3,(H,26,27). The number of aliphatic carboxylic acids is 1. The van der Waals surface area contributed by atoms with Crippen LogP contribution in [0.4, 0.5) is 4.39 Å². The van der Waals surface area contributed by atoms with Gasteiger partial charge in [0.2, 0.25) is 0 Å². The van der Waals surface area contributed by atoms with E-state index in [4.69, 9.17) is 0 Å². The number of carbonyl (C=O) groups excluding carboxylic acids is 1. The summed E-state index contributed by atoms with van der Waals surface area (Å²) >= 11 is 0. The Hall–Kier alpha value is -2.70. The van der Waals surface area contributed by atoms with E-state index in [2.05, 4.69) is 5.10 Å². The first-order valence-electron chi connectivity index (χ1n) is 9.31. The maximum absolute atomic E-state index is 14.4. The van der Waals surface area contributed by atoms with E-state index >= 15 is 0 Å². The molecule has 1 unspecified atom stereocenters. The number of carbonyl (C=O) groups is 2. The predicted molar refractivity (Wildman–Crippen MR) is 96.6 cm³/mol. The second-order valence-corrected chi connectivity index (χ2v) is 7.45. The van der Waals surface area contributed by atoms with Crippen LogP contribution < -0.4 is 0 Å². The van der Waals surface area contributed by atoms with Gasteiger partial charge in [0, 0.05) is 17.3 Å². The maximum Gasteiger partial charge on any atom is 0.326 e. The lowest BCUT2D eigenvalue weighted by atomic mass is 10.1. The molecule has 0 radical (unpaired) electrons. The molecule has 1 N–H and O–H groups in total. The van der Waals surface area contributed by atoms with E-state index in [9.17, 15) is 19.1 Å². The van der Waals surface area contributed by atoms with Gasteiger partial charge >= 0.3 is 5.97 Å². The van der Waals surface area contributed by atoms with Crippen LogP contribution >= 0.6 is 0 Å². The molecule has 1 aromatic carbocycles. The summed E-state index contributed by atoms with van der Waals surface area (Å²) in [6.07, 6.45) is 3.90. The quantitative estimate of drug-likeness (QED) is 0.877. The van der Waals surface area contributed by atoms with Crippen molar-refractivity contribution in [2.75, 3.05) is 0 Å². The van der Waals surface area contributed by atoms with Crippen LogP contribution in [0, 0.1) is 12.7 Å². The fourth-order valence-corrected chi connectivity index (χ4v) is 3.85. The summed E-state index contributed by atoms with van der Waals surface area (Å²) in [4.78, 5) is 26.1. The molecule has 6 nitrogen and oxygen atoms in total. The molecule has 1 aromatic heterocycles. The number of carboxylic acids is 1. The van der Waals surface area contributed by atoms with Crippen LogP contribution in [0.2, 0.25) is 0 Å². The van der Waals surface area contributed by atoms with Gasteiger partial charge in [-0.05, 0) is 63.6 Å². The van der Waals surface area contributed by atoms with Crippen LogP contribution in [0.1, 0.15) is 53.5 Å². The van der Waals surface area contributed by atoms with Gasteiger partial charge in [0.25, 0.3) is 5.91 Å². The van der Waals surface area contributed by atoms with E-state index in [1.54, 1.807) is 12.1 Å². The molecule has 2 aromatic rings. The molecule has 1 fully saturated rings. The molecule has 1 amide bonds. The Balaban J connectivity index is 1.79. The summed E-state index contributed by atoms with van der Waals surface area (Å²) in [5.74, 6) is -1.79. The molecule has 27 heavy (non-hydrogen) atoms. The highest BCUT2D eigenvalue weighted by molar-refractivity contribution is 5.97. The number of fused-ring (bicyclic) bond motifs is 1. The first-order valence-corrected chi connectivity index (χ1v) is 9.31. The normalized spacial score (nSPS) is 16.9. The van der Waals surface area contributed by atoms with Crippen LogP contribution in [0.25, 0.3) is 5.69 Å². The van der Waals surface area contributed by atoms with Gasteiger partial charge in [0.05, 0.1) is 0 Å². The van der Waals surface area contributed by atoms with Crippen LogP contribution in [-0.4, -0.2) is 43.7 Å². The van der Waals surface area contributed by atoms with E-state index < -0.39 is 17.8 Å². The summed E-state index contributed by atoms with van der Waals surface area (Å²) in [6, 6.07) is 3.84. The Morgan fingerprint density at radius 1 is 1.33 bits per heavy atom. The first kappa shape index (κ1) is 17.7. The Labute approximate surface area is 156 Å². The van der Waals surface area contributed by atoms with Crippen LogP contribution in [0.5, 0.6) is 0 Å². The topological polar surface area (TPSA) is 75.4 Å². The molecule has 7 heteroatoms. The first-order chi connectivity index (χ1) is 12.9. The molecule has 1 heterocycles. The summed E-state index contributed by atoms with van der Waals surface area (Å²) in [5.41, 5.74) is 3.17. The van der Waals surface area contributed by atoms with Crippen molar-refractivity contribution in [1.82, 2.24) is 14.7 Å². The molecule has 2 aliphatic rings. The van der Waals surface area contributed by atoms with Gasteiger partial charge in [-0.1, -0.05) is 6.07 Å². The van der Waals surface area contributed by atoms with Crippen molar-refractivity contribution in [3.8, 4) is 5.69 Å². The summed E-state index contributed by atoms with van der Waals surface area (Å²) < 4.78 is 16.0. The minimum absolute atomic E-state index is 0.0542. The summed E-state index contributed by atoms with van der Waals surface area (Å²) in [5, 5.41) is 13.9. The predicted octanol–water partition coefficient (Wildman–Crippen LogP) is 2.89. The fraction of sp³-hybridized carbons (Fsp3) is 0.450. The van der Waals surface area contributed by atoms with Crippen molar-refractivity contribution in [2.45, 2.75) is 58.0 Å². The SMILES string of the molecule is Cc1ccc(F)c(-n2nc(C(=O)N(C3CC3)C(C)C(=O)O)c3c2CCC3)c1. The minimum atomic E-state index is -1.03. The second kappa shape index (κ2) is 6.48. The van der Waals surface area contributed by atoms with E-state index in [0.717, 1.165) is 42.5 Å². The largest absolute Gasteiger partial charge is 0.480 e. The Kier molecular flexibility index (Phi) is 4.25. The molecule has 1 saturated carbocycles. The fourth-order valence-electron chi connectivity index (χ4n) is 3.85. The van der Waals surface area contributed by atoms with Crippen molar-refractivity contribution in [3.63, 3.8) is 0 Å². The van der Waals surface area contributed by atoms with Crippen molar-refractivity contribution in [3.05, 3.63) is 46.5 Å². The Morgan fingerprint density at radius 3 is 2.74 bits per heavy atom. The van der Waals surface area contributed by atoms with E-state index in [1.165, 1.54) is 22.6 Å². The zero-order valence-corrected chi connectivity index (χ0v) is 15.4.